The lowest BCUT2D eigenvalue weighted by molar-refractivity contribution is -0.117. The Morgan fingerprint density at radius 2 is 1.83 bits per heavy atom. The molecule has 1 amide bonds. The summed E-state index contributed by atoms with van der Waals surface area (Å²) >= 11 is 4.36. The normalized spacial score (nSPS) is 14.1. The summed E-state index contributed by atoms with van der Waals surface area (Å²) in [5.74, 6) is 0.401. The third-order valence-corrected chi connectivity index (χ3v) is 6.50. The number of halogens is 2. The molecule has 1 fully saturated rings. The van der Waals surface area contributed by atoms with E-state index in [0.29, 0.717) is 5.56 Å². The first-order valence-electron chi connectivity index (χ1n) is 9.54. The van der Waals surface area contributed by atoms with E-state index in [0.717, 1.165) is 49.7 Å². The molecule has 0 bridgehead atoms. The molecule has 1 N–H and O–H groups in total. The number of hydrogen-bond acceptors (Lipinski definition) is 4. The Kier molecular flexibility index (Phi) is 8.11. The molecule has 0 atom stereocenters. The molecule has 1 aliphatic rings. The molecular formula is C23H19I2N3O2. The first-order chi connectivity index (χ1) is 14.5. The molecule has 2 aromatic carbocycles. The summed E-state index contributed by atoms with van der Waals surface area (Å²) in [6.45, 7) is 0.290. The maximum absolute atomic E-state index is 12.4. The first-order valence-corrected chi connectivity index (χ1v) is 11.7. The highest BCUT2D eigenvalue weighted by Crippen LogP contribution is 2.31. The zero-order valence-electron chi connectivity index (χ0n) is 16.1. The first kappa shape index (κ1) is 22.6. The van der Waals surface area contributed by atoms with E-state index in [1.807, 2.05) is 36.4 Å². The van der Waals surface area contributed by atoms with Crippen molar-refractivity contribution < 1.29 is 9.53 Å². The molecule has 0 radical (unpaired) electrons. The van der Waals surface area contributed by atoms with Gasteiger partial charge in [0.25, 0.3) is 5.91 Å². The van der Waals surface area contributed by atoms with Gasteiger partial charge in [0.15, 0.2) is 0 Å². The van der Waals surface area contributed by atoms with Gasteiger partial charge in [0.05, 0.1) is 18.8 Å². The Labute approximate surface area is 203 Å². The standard InChI is InChI=1S/C23H19I2N3O2/c24-20-10-15(9-18(13-27)23(29)28-19-7-3-4-8-19)11-21(25)22(20)30-14-17-6-2-1-5-16(17)12-26/h1-2,5-6,9-11,19H,3-4,7-8,14H2,(H,28,29)/b18-9-. The van der Waals surface area contributed by atoms with Crippen molar-refractivity contribution in [2.75, 3.05) is 0 Å². The Morgan fingerprint density at radius 1 is 1.17 bits per heavy atom. The molecule has 1 aliphatic carbocycles. The third-order valence-electron chi connectivity index (χ3n) is 4.90. The number of rotatable bonds is 6. The van der Waals surface area contributed by atoms with E-state index >= 15 is 0 Å². The fraction of sp³-hybridized carbons (Fsp3) is 0.261. The molecule has 2 aromatic rings. The number of ether oxygens (including phenoxy) is 1. The van der Waals surface area contributed by atoms with Gasteiger partial charge in [0, 0.05) is 11.6 Å². The van der Waals surface area contributed by atoms with Crippen LogP contribution < -0.4 is 10.1 Å². The van der Waals surface area contributed by atoms with Crippen LogP contribution >= 0.6 is 45.2 Å². The predicted octanol–water partition coefficient (Wildman–Crippen LogP) is 5.31. The second kappa shape index (κ2) is 10.8. The van der Waals surface area contributed by atoms with Crippen molar-refractivity contribution in [3.05, 3.63) is 65.8 Å². The van der Waals surface area contributed by atoms with Gasteiger partial charge in [-0.3, -0.25) is 4.79 Å². The van der Waals surface area contributed by atoms with Gasteiger partial charge in [-0.1, -0.05) is 31.0 Å². The van der Waals surface area contributed by atoms with Gasteiger partial charge in [0.2, 0.25) is 0 Å². The predicted molar refractivity (Wildman–Crippen MR) is 131 cm³/mol. The molecule has 0 heterocycles. The summed E-state index contributed by atoms with van der Waals surface area (Å²) in [5, 5.41) is 21.6. The van der Waals surface area contributed by atoms with E-state index in [4.69, 9.17) is 4.74 Å². The lowest BCUT2D eigenvalue weighted by Crippen LogP contribution is -2.33. The minimum Gasteiger partial charge on any atom is -0.487 e. The van der Waals surface area contributed by atoms with Crippen LogP contribution in [0.2, 0.25) is 0 Å². The number of nitriles is 2. The summed E-state index contributed by atoms with van der Waals surface area (Å²) in [6.07, 6.45) is 5.80. The molecule has 0 aromatic heterocycles. The van der Waals surface area contributed by atoms with E-state index in [2.05, 4.69) is 56.6 Å². The largest absolute Gasteiger partial charge is 0.487 e. The van der Waals surface area contributed by atoms with Crippen LogP contribution in [0.1, 0.15) is 42.4 Å². The zero-order valence-corrected chi connectivity index (χ0v) is 20.4. The maximum Gasteiger partial charge on any atom is 0.262 e. The molecule has 30 heavy (non-hydrogen) atoms. The maximum atomic E-state index is 12.4. The van der Waals surface area contributed by atoms with Gasteiger partial charge in [0.1, 0.15) is 24.0 Å². The minimum absolute atomic E-state index is 0.102. The average molecular weight is 623 g/mol. The number of carbonyl (C=O) groups excluding carboxylic acids is 1. The lowest BCUT2D eigenvalue weighted by Gasteiger charge is -2.13. The van der Waals surface area contributed by atoms with Crippen LogP contribution in [0.4, 0.5) is 0 Å². The number of nitrogens with zero attached hydrogens (tertiary/aromatic N) is 2. The summed E-state index contributed by atoms with van der Waals surface area (Å²) in [5.41, 5.74) is 2.29. The molecule has 152 valence electrons. The van der Waals surface area contributed by atoms with Gasteiger partial charge in [-0.25, -0.2) is 0 Å². The van der Waals surface area contributed by atoms with Crippen molar-refractivity contribution in [2.45, 2.75) is 38.3 Å². The molecular weight excluding hydrogens is 604 g/mol. The molecule has 0 saturated heterocycles. The molecule has 5 nitrogen and oxygen atoms in total. The Bertz CT molecular complexity index is 1040. The molecule has 7 heteroatoms. The quantitative estimate of drug-likeness (QED) is 0.269. The van der Waals surface area contributed by atoms with Crippen LogP contribution in [0, 0.1) is 29.8 Å². The summed E-state index contributed by atoms with van der Waals surface area (Å²) < 4.78 is 7.73. The lowest BCUT2D eigenvalue weighted by atomic mass is 10.1. The number of nitrogens with one attached hydrogen (secondary N) is 1. The van der Waals surface area contributed by atoms with E-state index in [-0.39, 0.29) is 24.1 Å². The second-order valence-corrected chi connectivity index (χ2v) is 9.32. The summed E-state index contributed by atoms with van der Waals surface area (Å²) in [6, 6.07) is 15.5. The smallest absolute Gasteiger partial charge is 0.262 e. The van der Waals surface area contributed by atoms with Crippen LogP contribution in [0.5, 0.6) is 5.75 Å². The number of hydrogen-bond donors (Lipinski definition) is 1. The molecule has 3 rings (SSSR count). The van der Waals surface area contributed by atoms with Gasteiger partial charge in [-0.2, -0.15) is 10.5 Å². The van der Waals surface area contributed by atoms with E-state index in [9.17, 15) is 15.3 Å². The van der Waals surface area contributed by atoms with Crippen LogP contribution in [0.25, 0.3) is 6.08 Å². The van der Waals surface area contributed by atoms with Crippen molar-refractivity contribution in [1.82, 2.24) is 5.32 Å². The SMILES string of the molecule is N#C/C(=C/c1cc(I)c(OCc2ccccc2C#N)c(I)c1)C(=O)NC1CCCC1. The van der Waals surface area contributed by atoms with Crippen molar-refractivity contribution in [2.24, 2.45) is 0 Å². The Morgan fingerprint density at radius 3 is 2.47 bits per heavy atom. The Hall–Kier alpha value is -2.11. The second-order valence-electron chi connectivity index (χ2n) is 7.00. The van der Waals surface area contributed by atoms with Gasteiger partial charge in [-0.15, -0.1) is 0 Å². The third kappa shape index (κ3) is 5.73. The fourth-order valence-corrected chi connectivity index (χ4v) is 5.48. The van der Waals surface area contributed by atoms with Crippen molar-refractivity contribution in [3.8, 4) is 17.9 Å². The van der Waals surface area contributed by atoms with Gasteiger partial charge < -0.3 is 10.1 Å². The van der Waals surface area contributed by atoms with Crippen molar-refractivity contribution in [1.29, 1.82) is 10.5 Å². The van der Waals surface area contributed by atoms with Crippen molar-refractivity contribution in [3.63, 3.8) is 0 Å². The summed E-state index contributed by atoms with van der Waals surface area (Å²) in [4.78, 5) is 12.4. The molecule has 0 spiro atoms. The highest BCUT2D eigenvalue weighted by Gasteiger charge is 2.19. The van der Waals surface area contributed by atoms with Gasteiger partial charge >= 0.3 is 0 Å². The van der Waals surface area contributed by atoms with Crippen LogP contribution in [0.15, 0.2) is 42.0 Å². The number of benzene rings is 2. The highest BCUT2D eigenvalue weighted by atomic mass is 127. The van der Waals surface area contributed by atoms with Crippen LogP contribution in [-0.4, -0.2) is 11.9 Å². The summed E-state index contributed by atoms with van der Waals surface area (Å²) in [7, 11) is 0. The van der Waals surface area contributed by atoms with E-state index < -0.39 is 0 Å². The topological polar surface area (TPSA) is 85.9 Å². The fourth-order valence-electron chi connectivity index (χ4n) is 3.35. The molecule has 0 unspecified atom stereocenters. The zero-order chi connectivity index (χ0) is 21.5. The minimum atomic E-state index is -0.317. The molecule has 1 saturated carbocycles. The Balaban J connectivity index is 1.76. The monoisotopic (exact) mass is 623 g/mol. The van der Waals surface area contributed by atoms with Gasteiger partial charge in [-0.05, 0) is 87.9 Å². The van der Waals surface area contributed by atoms with Crippen molar-refractivity contribution >= 4 is 57.2 Å². The number of carbonyl (C=O) groups is 1. The molecule has 0 aliphatic heterocycles. The van der Waals surface area contributed by atoms with E-state index in [1.54, 1.807) is 12.1 Å². The highest BCUT2D eigenvalue weighted by molar-refractivity contribution is 14.1. The van der Waals surface area contributed by atoms with E-state index in [1.165, 1.54) is 0 Å². The van der Waals surface area contributed by atoms with Crippen LogP contribution in [0.3, 0.4) is 0 Å². The number of amides is 1. The average Bonchev–Trinajstić information content (AvgIpc) is 3.24. The van der Waals surface area contributed by atoms with Crippen LogP contribution in [-0.2, 0) is 11.4 Å².